The van der Waals surface area contributed by atoms with Crippen molar-refractivity contribution in [3.05, 3.63) is 74.8 Å². The second-order valence-corrected chi connectivity index (χ2v) is 5.30. The first kappa shape index (κ1) is 15.5. The highest BCUT2D eigenvalue weighted by atomic mass is 35.5. The lowest BCUT2D eigenvalue weighted by Gasteiger charge is -2.14. The number of nitro benzene ring substituents is 1. The van der Waals surface area contributed by atoms with Crippen LogP contribution in [-0.2, 0) is 6.42 Å². The minimum Gasteiger partial charge on any atom is -0.310 e. The number of nitro groups is 1. The van der Waals surface area contributed by atoms with Crippen LogP contribution in [-0.4, -0.2) is 11.5 Å². The number of nitrogens with zero attached hydrogens (tertiary/aromatic N) is 1. The minimum absolute atomic E-state index is 0.171. The van der Waals surface area contributed by atoms with E-state index in [0.29, 0.717) is 18.0 Å². The summed E-state index contributed by atoms with van der Waals surface area (Å²) in [5, 5.41) is 15.0. The molecule has 0 bridgehead atoms. The predicted octanol–water partition coefficient (Wildman–Crippen LogP) is 4.14. The van der Waals surface area contributed by atoms with E-state index in [1.807, 2.05) is 30.3 Å². The number of hydrogen-bond donors (Lipinski definition) is 1. The zero-order valence-corrected chi connectivity index (χ0v) is 12.5. The molecule has 5 heteroatoms. The molecule has 0 aliphatic heterocycles. The van der Waals surface area contributed by atoms with E-state index < -0.39 is 0 Å². The molecule has 1 N–H and O–H groups in total. The van der Waals surface area contributed by atoms with E-state index in [2.05, 4.69) is 12.2 Å². The predicted molar refractivity (Wildman–Crippen MR) is 84.7 cm³/mol. The van der Waals surface area contributed by atoms with Crippen molar-refractivity contribution < 1.29 is 4.92 Å². The van der Waals surface area contributed by atoms with Crippen molar-refractivity contribution in [3.8, 4) is 0 Å². The standard InChI is InChI=1S/C16H17ClN2O2/c1-12(13-6-8-15(17)9-7-13)18-11-10-14-4-2-3-5-16(14)19(20)21/h2-9,12,18H,10-11H2,1H3/t12-/m1/s1. The van der Waals surface area contributed by atoms with Crippen LogP contribution < -0.4 is 5.32 Å². The highest BCUT2D eigenvalue weighted by molar-refractivity contribution is 6.30. The fourth-order valence-electron chi connectivity index (χ4n) is 2.19. The molecule has 2 aromatic rings. The largest absolute Gasteiger partial charge is 0.310 e. The van der Waals surface area contributed by atoms with Crippen molar-refractivity contribution in [1.82, 2.24) is 5.32 Å². The van der Waals surface area contributed by atoms with Gasteiger partial charge in [0.15, 0.2) is 0 Å². The fourth-order valence-corrected chi connectivity index (χ4v) is 2.32. The van der Waals surface area contributed by atoms with Crippen molar-refractivity contribution in [2.45, 2.75) is 19.4 Å². The summed E-state index contributed by atoms with van der Waals surface area (Å²) >= 11 is 5.86. The Labute approximate surface area is 128 Å². The van der Waals surface area contributed by atoms with E-state index in [-0.39, 0.29) is 16.7 Å². The molecule has 0 aliphatic carbocycles. The second kappa shape index (κ2) is 7.20. The van der Waals surface area contributed by atoms with E-state index in [9.17, 15) is 10.1 Å². The summed E-state index contributed by atoms with van der Waals surface area (Å²) < 4.78 is 0. The van der Waals surface area contributed by atoms with Crippen LogP contribution in [0.15, 0.2) is 48.5 Å². The molecule has 0 aromatic heterocycles. The smallest absolute Gasteiger partial charge is 0.272 e. The molecule has 0 radical (unpaired) electrons. The van der Waals surface area contributed by atoms with Gasteiger partial charge in [0.05, 0.1) is 4.92 Å². The molecule has 0 aliphatic rings. The summed E-state index contributed by atoms with van der Waals surface area (Å²) in [6, 6.07) is 14.7. The third-order valence-corrected chi connectivity index (χ3v) is 3.66. The zero-order chi connectivity index (χ0) is 15.2. The normalized spacial score (nSPS) is 12.1. The molecular formula is C16H17ClN2O2. The van der Waals surface area contributed by atoms with Crippen LogP contribution in [0.3, 0.4) is 0 Å². The number of nitrogens with one attached hydrogen (secondary N) is 1. The molecule has 21 heavy (non-hydrogen) atoms. The topological polar surface area (TPSA) is 55.2 Å². The Morgan fingerprint density at radius 2 is 1.86 bits per heavy atom. The number of hydrogen-bond acceptors (Lipinski definition) is 3. The first-order chi connectivity index (χ1) is 10.1. The average Bonchev–Trinajstić information content (AvgIpc) is 2.48. The van der Waals surface area contributed by atoms with E-state index >= 15 is 0 Å². The maximum Gasteiger partial charge on any atom is 0.272 e. The SMILES string of the molecule is C[C@@H](NCCc1ccccc1[N+](=O)[O-])c1ccc(Cl)cc1. The highest BCUT2D eigenvalue weighted by Crippen LogP contribution is 2.19. The fraction of sp³-hybridized carbons (Fsp3) is 0.250. The van der Waals surface area contributed by atoms with Gasteiger partial charge in [-0.3, -0.25) is 10.1 Å². The van der Waals surface area contributed by atoms with Gasteiger partial charge in [-0.2, -0.15) is 0 Å². The molecule has 0 spiro atoms. The van der Waals surface area contributed by atoms with Crippen LogP contribution in [0, 0.1) is 10.1 Å². The maximum absolute atomic E-state index is 10.9. The van der Waals surface area contributed by atoms with Crippen molar-refractivity contribution in [3.63, 3.8) is 0 Å². The van der Waals surface area contributed by atoms with Crippen LogP contribution >= 0.6 is 11.6 Å². The van der Waals surface area contributed by atoms with Crippen molar-refractivity contribution in [2.75, 3.05) is 6.54 Å². The molecule has 1 atom stereocenters. The van der Waals surface area contributed by atoms with Gasteiger partial charge in [0, 0.05) is 22.7 Å². The Morgan fingerprint density at radius 1 is 1.19 bits per heavy atom. The first-order valence-electron chi connectivity index (χ1n) is 6.79. The van der Waals surface area contributed by atoms with Crippen molar-refractivity contribution >= 4 is 17.3 Å². The summed E-state index contributed by atoms with van der Waals surface area (Å²) in [6.45, 7) is 2.73. The minimum atomic E-state index is -0.335. The molecule has 2 aromatic carbocycles. The first-order valence-corrected chi connectivity index (χ1v) is 7.17. The van der Waals surface area contributed by atoms with Gasteiger partial charge in [0.1, 0.15) is 0 Å². The Bertz CT molecular complexity index is 614. The molecule has 0 unspecified atom stereocenters. The molecule has 4 nitrogen and oxygen atoms in total. The van der Waals surface area contributed by atoms with E-state index in [1.54, 1.807) is 12.1 Å². The Balaban J connectivity index is 1.92. The van der Waals surface area contributed by atoms with E-state index in [0.717, 1.165) is 11.1 Å². The Hall–Kier alpha value is -1.91. The molecule has 110 valence electrons. The van der Waals surface area contributed by atoms with E-state index in [1.165, 1.54) is 6.07 Å². The van der Waals surface area contributed by atoms with Crippen LogP contribution in [0.5, 0.6) is 0 Å². The molecule has 0 heterocycles. The lowest BCUT2D eigenvalue weighted by Crippen LogP contribution is -2.21. The van der Waals surface area contributed by atoms with Gasteiger partial charge in [0.25, 0.3) is 5.69 Å². The quantitative estimate of drug-likeness (QED) is 0.644. The maximum atomic E-state index is 10.9. The molecule has 0 saturated heterocycles. The van der Waals surface area contributed by atoms with Gasteiger partial charge in [0.2, 0.25) is 0 Å². The van der Waals surface area contributed by atoms with Crippen LogP contribution in [0.2, 0.25) is 5.02 Å². The van der Waals surface area contributed by atoms with Gasteiger partial charge in [-0.15, -0.1) is 0 Å². The van der Waals surface area contributed by atoms with Crippen LogP contribution in [0.4, 0.5) is 5.69 Å². The molecule has 2 rings (SSSR count). The summed E-state index contributed by atoms with van der Waals surface area (Å²) in [7, 11) is 0. The second-order valence-electron chi connectivity index (χ2n) is 4.86. The number of para-hydroxylation sites is 1. The van der Waals surface area contributed by atoms with Crippen molar-refractivity contribution in [1.29, 1.82) is 0 Å². The zero-order valence-electron chi connectivity index (χ0n) is 11.8. The van der Waals surface area contributed by atoms with Crippen LogP contribution in [0.1, 0.15) is 24.1 Å². The molecule has 0 amide bonds. The summed E-state index contributed by atoms with van der Waals surface area (Å²) in [6.07, 6.45) is 0.620. The van der Waals surface area contributed by atoms with Gasteiger partial charge >= 0.3 is 0 Å². The average molecular weight is 305 g/mol. The Kier molecular flexibility index (Phi) is 5.31. The Morgan fingerprint density at radius 3 is 2.52 bits per heavy atom. The van der Waals surface area contributed by atoms with Gasteiger partial charge in [-0.25, -0.2) is 0 Å². The molecule has 0 fully saturated rings. The number of benzene rings is 2. The third-order valence-electron chi connectivity index (χ3n) is 3.40. The molecular weight excluding hydrogens is 288 g/mol. The summed E-state index contributed by atoms with van der Waals surface area (Å²) in [5.74, 6) is 0. The summed E-state index contributed by atoms with van der Waals surface area (Å²) in [4.78, 5) is 10.6. The number of halogens is 1. The van der Waals surface area contributed by atoms with Gasteiger partial charge < -0.3 is 5.32 Å². The van der Waals surface area contributed by atoms with Crippen molar-refractivity contribution in [2.24, 2.45) is 0 Å². The van der Waals surface area contributed by atoms with E-state index in [4.69, 9.17) is 11.6 Å². The lowest BCUT2D eigenvalue weighted by atomic mass is 10.1. The van der Waals surface area contributed by atoms with Gasteiger partial charge in [-0.05, 0) is 37.6 Å². The summed E-state index contributed by atoms with van der Waals surface area (Å²) in [5.41, 5.74) is 2.07. The lowest BCUT2D eigenvalue weighted by molar-refractivity contribution is -0.385. The third kappa shape index (κ3) is 4.28. The molecule has 0 saturated carbocycles. The monoisotopic (exact) mass is 304 g/mol. The highest BCUT2D eigenvalue weighted by Gasteiger charge is 2.12. The number of rotatable bonds is 6. The van der Waals surface area contributed by atoms with Crippen LogP contribution in [0.25, 0.3) is 0 Å². The van der Waals surface area contributed by atoms with Gasteiger partial charge in [-0.1, -0.05) is 41.9 Å².